The minimum absolute atomic E-state index is 0.0159. The molecule has 1 unspecified atom stereocenters. The molecule has 0 aromatic heterocycles. The van der Waals surface area contributed by atoms with Crippen LogP contribution in [0.3, 0.4) is 0 Å². The first-order valence-corrected chi connectivity index (χ1v) is 8.46. The van der Waals surface area contributed by atoms with Crippen LogP contribution in [0.5, 0.6) is 0 Å². The normalized spacial score (nSPS) is 16.8. The largest absolute Gasteiger partial charge is 0.382 e. The van der Waals surface area contributed by atoms with Gasteiger partial charge in [0.15, 0.2) is 0 Å². The molecule has 1 amide bonds. The number of nitrogens with one attached hydrogen (secondary N) is 1. The molecule has 6 heteroatoms. The Labute approximate surface area is 152 Å². The summed E-state index contributed by atoms with van der Waals surface area (Å²) in [6.07, 6.45) is -0.0855. The fourth-order valence-electron chi connectivity index (χ4n) is 2.90. The molecule has 1 atom stereocenters. The molecule has 1 N–H and O–H groups in total. The Morgan fingerprint density at radius 3 is 2.85 bits per heavy atom. The second-order valence-electron chi connectivity index (χ2n) is 6.09. The van der Waals surface area contributed by atoms with Crippen molar-refractivity contribution in [1.29, 1.82) is 5.26 Å². The van der Waals surface area contributed by atoms with Crippen LogP contribution in [0.25, 0.3) is 0 Å². The number of nitrogens with zero attached hydrogens (tertiary/aromatic N) is 2. The van der Waals surface area contributed by atoms with Gasteiger partial charge in [0.2, 0.25) is 0 Å². The molecule has 1 aliphatic rings. The van der Waals surface area contributed by atoms with Gasteiger partial charge in [-0.1, -0.05) is 6.07 Å². The third-order valence-corrected chi connectivity index (χ3v) is 4.19. The van der Waals surface area contributed by atoms with Crippen molar-refractivity contribution in [1.82, 2.24) is 4.90 Å². The van der Waals surface area contributed by atoms with Gasteiger partial charge in [0, 0.05) is 37.1 Å². The highest BCUT2D eigenvalue weighted by Crippen LogP contribution is 2.20. The number of hydrogen-bond donors (Lipinski definition) is 1. The van der Waals surface area contributed by atoms with E-state index in [1.807, 2.05) is 36.4 Å². The number of carbonyl (C=O) groups is 1. The number of benzene rings is 2. The predicted molar refractivity (Wildman–Crippen MR) is 98.4 cm³/mol. The second kappa shape index (κ2) is 8.48. The maximum absolute atomic E-state index is 12.8. The van der Waals surface area contributed by atoms with Gasteiger partial charge in [0.1, 0.15) is 0 Å². The molecular formula is C20H21N3O3. The lowest BCUT2D eigenvalue weighted by atomic mass is 10.1. The molecule has 6 nitrogen and oxygen atoms in total. The van der Waals surface area contributed by atoms with Gasteiger partial charge in [-0.3, -0.25) is 4.79 Å². The summed E-state index contributed by atoms with van der Waals surface area (Å²) < 4.78 is 10.7. The Kier molecular flexibility index (Phi) is 5.84. The molecule has 0 spiro atoms. The second-order valence-corrected chi connectivity index (χ2v) is 6.09. The predicted octanol–water partition coefficient (Wildman–Crippen LogP) is 2.79. The van der Waals surface area contributed by atoms with Crippen LogP contribution < -0.4 is 5.32 Å². The van der Waals surface area contributed by atoms with Gasteiger partial charge in [0.25, 0.3) is 5.91 Å². The lowest BCUT2D eigenvalue weighted by molar-refractivity contribution is -0.0531. The lowest BCUT2D eigenvalue weighted by Crippen LogP contribution is -2.47. The van der Waals surface area contributed by atoms with Crippen LogP contribution in [-0.4, -0.2) is 50.3 Å². The van der Waals surface area contributed by atoms with E-state index in [0.29, 0.717) is 37.4 Å². The summed E-state index contributed by atoms with van der Waals surface area (Å²) in [5.74, 6) is -0.0159. The third kappa shape index (κ3) is 4.39. The van der Waals surface area contributed by atoms with Crippen molar-refractivity contribution in [3.8, 4) is 6.07 Å². The van der Waals surface area contributed by atoms with Crippen molar-refractivity contribution >= 4 is 17.3 Å². The van der Waals surface area contributed by atoms with Crippen molar-refractivity contribution in [2.45, 2.75) is 6.10 Å². The quantitative estimate of drug-likeness (QED) is 0.896. The highest BCUT2D eigenvalue weighted by atomic mass is 16.5. The van der Waals surface area contributed by atoms with Gasteiger partial charge in [-0.05, 0) is 42.5 Å². The SMILES string of the molecule is COCC1CN(C(=O)c2cccc(Nc3ccc(C#N)cc3)c2)CCO1. The summed E-state index contributed by atoms with van der Waals surface area (Å²) >= 11 is 0. The summed E-state index contributed by atoms with van der Waals surface area (Å²) in [6, 6.07) is 16.7. The topological polar surface area (TPSA) is 74.6 Å². The molecule has 0 bridgehead atoms. The number of rotatable bonds is 5. The van der Waals surface area contributed by atoms with Gasteiger partial charge in [-0.2, -0.15) is 5.26 Å². The van der Waals surface area contributed by atoms with Crippen LogP contribution in [-0.2, 0) is 9.47 Å². The summed E-state index contributed by atoms with van der Waals surface area (Å²) in [5.41, 5.74) is 2.92. The highest BCUT2D eigenvalue weighted by Gasteiger charge is 2.25. The van der Waals surface area contributed by atoms with E-state index in [9.17, 15) is 4.79 Å². The van der Waals surface area contributed by atoms with E-state index in [4.69, 9.17) is 14.7 Å². The number of carbonyl (C=O) groups excluding carboxylic acids is 1. The van der Waals surface area contributed by atoms with Gasteiger partial charge in [-0.15, -0.1) is 0 Å². The molecule has 3 rings (SSSR count). The first-order chi connectivity index (χ1) is 12.7. The molecule has 0 radical (unpaired) electrons. The van der Waals surface area contributed by atoms with Crippen LogP contribution >= 0.6 is 0 Å². The maximum Gasteiger partial charge on any atom is 0.254 e. The molecule has 2 aromatic rings. The van der Waals surface area contributed by atoms with Crippen LogP contribution in [0, 0.1) is 11.3 Å². The number of methoxy groups -OCH3 is 1. The van der Waals surface area contributed by atoms with Gasteiger partial charge in [0.05, 0.1) is 31.0 Å². The van der Waals surface area contributed by atoms with E-state index >= 15 is 0 Å². The monoisotopic (exact) mass is 351 g/mol. The number of morpholine rings is 1. The van der Waals surface area contributed by atoms with E-state index in [-0.39, 0.29) is 12.0 Å². The zero-order valence-corrected chi connectivity index (χ0v) is 14.6. The van der Waals surface area contributed by atoms with E-state index < -0.39 is 0 Å². The Morgan fingerprint density at radius 1 is 1.31 bits per heavy atom. The average molecular weight is 351 g/mol. The molecule has 1 heterocycles. The Balaban J connectivity index is 1.69. The lowest BCUT2D eigenvalue weighted by Gasteiger charge is -2.32. The molecule has 0 saturated carbocycles. The first-order valence-electron chi connectivity index (χ1n) is 8.46. The summed E-state index contributed by atoms with van der Waals surface area (Å²) in [6.45, 7) is 2.10. The van der Waals surface area contributed by atoms with Crippen LogP contribution in [0.1, 0.15) is 15.9 Å². The maximum atomic E-state index is 12.8. The first kappa shape index (κ1) is 17.9. The van der Waals surface area contributed by atoms with Crippen molar-refractivity contribution in [3.63, 3.8) is 0 Å². The standard InChI is InChI=1S/C20H21N3O3/c1-25-14-19-13-23(9-10-26-19)20(24)16-3-2-4-18(11-16)22-17-7-5-15(12-21)6-8-17/h2-8,11,19,22H,9-10,13-14H2,1H3. The molecule has 26 heavy (non-hydrogen) atoms. The minimum atomic E-state index is -0.0855. The highest BCUT2D eigenvalue weighted by molar-refractivity contribution is 5.95. The minimum Gasteiger partial charge on any atom is -0.382 e. The fourth-order valence-corrected chi connectivity index (χ4v) is 2.90. The average Bonchev–Trinajstić information content (AvgIpc) is 2.69. The van der Waals surface area contributed by atoms with Gasteiger partial charge >= 0.3 is 0 Å². The summed E-state index contributed by atoms with van der Waals surface area (Å²) in [7, 11) is 1.63. The Morgan fingerprint density at radius 2 is 2.12 bits per heavy atom. The smallest absolute Gasteiger partial charge is 0.254 e. The number of hydrogen-bond acceptors (Lipinski definition) is 5. The molecular weight excluding hydrogens is 330 g/mol. The van der Waals surface area contributed by atoms with Crippen molar-refractivity contribution in [2.24, 2.45) is 0 Å². The molecule has 1 saturated heterocycles. The zero-order valence-electron chi connectivity index (χ0n) is 14.6. The summed E-state index contributed by atoms with van der Waals surface area (Å²) in [5, 5.41) is 12.1. The van der Waals surface area contributed by atoms with Crippen molar-refractivity contribution < 1.29 is 14.3 Å². The van der Waals surface area contributed by atoms with Crippen LogP contribution in [0.15, 0.2) is 48.5 Å². The number of amides is 1. The Hall–Kier alpha value is -2.88. The molecule has 1 fully saturated rings. The fraction of sp³-hybridized carbons (Fsp3) is 0.300. The van der Waals surface area contributed by atoms with E-state index in [2.05, 4.69) is 11.4 Å². The molecule has 2 aromatic carbocycles. The van der Waals surface area contributed by atoms with Crippen molar-refractivity contribution in [2.75, 3.05) is 38.7 Å². The Bertz CT molecular complexity index is 797. The number of anilines is 2. The van der Waals surface area contributed by atoms with E-state index in [1.54, 1.807) is 24.1 Å². The third-order valence-electron chi connectivity index (χ3n) is 4.19. The van der Waals surface area contributed by atoms with Crippen LogP contribution in [0.4, 0.5) is 11.4 Å². The van der Waals surface area contributed by atoms with E-state index in [0.717, 1.165) is 11.4 Å². The number of nitriles is 1. The van der Waals surface area contributed by atoms with Gasteiger partial charge < -0.3 is 19.7 Å². The van der Waals surface area contributed by atoms with Crippen LogP contribution in [0.2, 0.25) is 0 Å². The molecule has 134 valence electrons. The van der Waals surface area contributed by atoms with E-state index in [1.165, 1.54) is 0 Å². The zero-order chi connectivity index (χ0) is 18.4. The molecule has 0 aliphatic carbocycles. The van der Waals surface area contributed by atoms with Crippen molar-refractivity contribution in [3.05, 3.63) is 59.7 Å². The number of ether oxygens (including phenoxy) is 2. The molecule has 1 aliphatic heterocycles. The summed E-state index contributed by atoms with van der Waals surface area (Å²) in [4.78, 5) is 14.6. The van der Waals surface area contributed by atoms with Gasteiger partial charge in [-0.25, -0.2) is 0 Å².